The van der Waals surface area contributed by atoms with E-state index in [0.717, 1.165) is 10.6 Å². The molecule has 10 heteroatoms. The number of esters is 1. The first-order chi connectivity index (χ1) is 11.9. The zero-order valence-corrected chi connectivity index (χ0v) is 15.2. The fourth-order valence-corrected chi connectivity index (χ4v) is 3.47. The SMILES string of the molecule is COCCN(Cc1nc(C(=O)OC)co1)S(=O)(=O)c1ccc(Cl)cc1. The number of methoxy groups -OCH3 is 2. The molecule has 0 aliphatic rings. The first-order valence-corrected chi connectivity index (χ1v) is 8.97. The third kappa shape index (κ3) is 4.79. The van der Waals surface area contributed by atoms with Crippen molar-refractivity contribution in [3.05, 3.63) is 47.1 Å². The van der Waals surface area contributed by atoms with Crippen molar-refractivity contribution in [2.24, 2.45) is 0 Å². The summed E-state index contributed by atoms with van der Waals surface area (Å²) < 4.78 is 41.5. The summed E-state index contributed by atoms with van der Waals surface area (Å²) in [6, 6.07) is 5.80. The van der Waals surface area contributed by atoms with E-state index in [1.54, 1.807) is 0 Å². The van der Waals surface area contributed by atoms with Crippen molar-refractivity contribution in [1.29, 1.82) is 0 Å². The second-order valence-electron chi connectivity index (χ2n) is 4.90. The van der Waals surface area contributed by atoms with E-state index in [1.165, 1.54) is 38.5 Å². The van der Waals surface area contributed by atoms with Gasteiger partial charge >= 0.3 is 5.97 Å². The number of hydrogen-bond acceptors (Lipinski definition) is 7. The molecule has 1 aromatic carbocycles. The van der Waals surface area contributed by atoms with E-state index in [2.05, 4.69) is 9.72 Å². The molecule has 0 bridgehead atoms. The van der Waals surface area contributed by atoms with Crippen molar-refractivity contribution < 1.29 is 27.1 Å². The van der Waals surface area contributed by atoms with Crippen molar-refractivity contribution >= 4 is 27.6 Å². The molecule has 2 aromatic rings. The van der Waals surface area contributed by atoms with Crippen molar-refractivity contribution in [3.8, 4) is 0 Å². The van der Waals surface area contributed by atoms with Gasteiger partial charge in [0.05, 0.1) is 25.2 Å². The monoisotopic (exact) mass is 388 g/mol. The third-order valence-corrected chi connectivity index (χ3v) is 5.37. The van der Waals surface area contributed by atoms with E-state index in [0.29, 0.717) is 5.02 Å². The van der Waals surface area contributed by atoms with Crippen LogP contribution in [0.5, 0.6) is 0 Å². The summed E-state index contributed by atoms with van der Waals surface area (Å²) in [7, 11) is -1.15. The van der Waals surface area contributed by atoms with Crippen LogP contribution < -0.4 is 0 Å². The number of carbonyl (C=O) groups is 1. The van der Waals surface area contributed by atoms with Gasteiger partial charge in [-0.25, -0.2) is 18.2 Å². The van der Waals surface area contributed by atoms with Gasteiger partial charge in [-0.2, -0.15) is 4.31 Å². The lowest BCUT2D eigenvalue weighted by Crippen LogP contribution is -2.33. The highest BCUT2D eigenvalue weighted by atomic mass is 35.5. The molecule has 0 fully saturated rings. The van der Waals surface area contributed by atoms with Gasteiger partial charge in [0.15, 0.2) is 5.69 Å². The molecule has 0 saturated heterocycles. The minimum atomic E-state index is -3.83. The Morgan fingerprint density at radius 3 is 2.56 bits per heavy atom. The van der Waals surface area contributed by atoms with E-state index < -0.39 is 16.0 Å². The highest BCUT2D eigenvalue weighted by molar-refractivity contribution is 7.89. The number of oxazole rings is 1. The van der Waals surface area contributed by atoms with E-state index in [4.69, 9.17) is 20.8 Å². The molecular formula is C15H17ClN2O6S. The van der Waals surface area contributed by atoms with Gasteiger partial charge in [0.25, 0.3) is 0 Å². The summed E-state index contributed by atoms with van der Waals surface area (Å²) in [5.41, 5.74) is -0.0342. The Kier molecular flexibility index (Phi) is 6.54. The molecule has 0 aliphatic carbocycles. The Hall–Kier alpha value is -1.94. The van der Waals surface area contributed by atoms with Gasteiger partial charge in [0.2, 0.25) is 15.9 Å². The minimum absolute atomic E-state index is 0.0342. The Bertz CT molecular complexity index is 819. The van der Waals surface area contributed by atoms with Gasteiger partial charge in [-0.3, -0.25) is 0 Å². The summed E-state index contributed by atoms with van der Waals surface area (Å²) in [4.78, 5) is 15.4. The fourth-order valence-electron chi connectivity index (χ4n) is 1.97. The zero-order valence-electron chi connectivity index (χ0n) is 13.6. The molecule has 0 radical (unpaired) electrons. The highest BCUT2D eigenvalue weighted by Crippen LogP contribution is 2.20. The largest absolute Gasteiger partial charge is 0.464 e. The van der Waals surface area contributed by atoms with E-state index in [1.807, 2.05) is 0 Å². The molecule has 0 unspecified atom stereocenters. The summed E-state index contributed by atoms with van der Waals surface area (Å²) in [5, 5.41) is 0.429. The Labute approximate surface area is 150 Å². The quantitative estimate of drug-likeness (QED) is 0.637. The number of rotatable bonds is 8. The van der Waals surface area contributed by atoms with Crippen molar-refractivity contribution in [1.82, 2.24) is 9.29 Å². The third-order valence-electron chi connectivity index (χ3n) is 3.25. The maximum absolute atomic E-state index is 12.8. The number of ether oxygens (including phenoxy) is 2. The normalized spacial score (nSPS) is 11.7. The maximum Gasteiger partial charge on any atom is 0.360 e. The van der Waals surface area contributed by atoms with Gasteiger partial charge in [-0.1, -0.05) is 11.6 Å². The molecule has 136 valence electrons. The summed E-state index contributed by atoms with van der Waals surface area (Å²) in [6.07, 6.45) is 1.12. The molecule has 8 nitrogen and oxygen atoms in total. The molecule has 1 heterocycles. The predicted octanol–water partition coefficient (Wildman–Crippen LogP) is 1.95. The van der Waals surface area contributed by atoms with Crippen LogP contribution in [0.25, 0.3) is 0 Å². The number of benzene rings is 1. The average Bonchev–Trinajstić information content (AvgIpc) is 3.06. The van der Waals surface area contributed by atoms with Crippen LogP contribution in [0.15, 0.2) is 39.8 Å². The Morgan fingerprint density at radius 1 is 1.28 bits per heavy atom. The van der Waals surface area contributed by atoms with Gasteiger partial charge in [-0.05, 0) is 24.3 Å². The molecule has 25 heavy (non-hydrogen) atoms. The standard InChI is InChI=1S/C15H17ClN2O6S/c1-22-8-7-18(9-14-17-13(10-24-14)15(19)23-2)25(20,21)12-5-3-11(16)4-6-12/h3-6,10H,7-9H2,1-2H3. The predicted molar refractivity (Wildman–Crippen MR) is 88.8 cm³/mol. The van der Waals surface area contributed by atoms with Crippen LogP contribution >= 0.6 is 11.6 Å². The highest BCUT2D eigenvalue weighted by Gasteiger charge is 2.26. The fraction of sp³-hybridized carbons (Fsp3) is 0.333. The van der Waals surface area contributed by atoms with Crippen molar-refractivity contribution in [3.63, 3.8) is 0 Å². The first-order valence-electron chi connectivity index (χ1n) is 7.16. The lowest BCUT2D eigenvalue weighted by atomic mass is 10.4. The molecule has 0 saturated carbocycles. The molecular weight excluding hydrogens is 372 g/mol. The lowest BCUT2D eigenvalue weighted by molar-refractivity contribution is 0.0594. The number of halogens is 1. The number of carbonyl (C=O) groups excluding carboxylic acids is 1. The van der Waals surface area contributed by atoms with Gasteiger partial charge in [0, 0.05) is 18.7 Å². The van der Waals surface area contributed by atoms with Gasteiger partial charge in [-0.15, -0.1) is 0 Å². The van der Waals surface area contributed by atoms with Gasteiger partial charge in [0.1, 0.15) is 6.26 Å². The van der Waals surface area contributed by atoms with Crippen LogP contribution in [-0.4, -0.2) is 51.0 Å². The van der Waals surface area contributed by atoms with Crippen LogP contribution in [0.1, 0.15) is 16.4 Å². The van der Waals surface area contributed by atoms with E-state index in [-0.39, 0.29) is 36.2 Å². The maximum atomic E-state index is 12.8. The number of sulfonamides is 1. The van der Waals surface area contributed by atoms with Crippen LogP contribution in [-0.2, 0) is 26.0 Å². The minimum Gasteiger partial charge on any atom is -0.464 e. The molecule has 0 spiro atoms. The van der Waals surface area contributed by atoms with Crippen LogP contribution in [0.2, 0.25) is 5.02 Å². The molecule has 0 amide bonds. The number of nitrogens with zero attached hydrogens (tertiary/aromatic N) is 2. The van der Waals surface area contributed by atoms with Crippen LogP contribution in [0, 0.1) is 0 Å². The van der Waals surface area contributed by atoms with Crippen molar-refractivity contribution in [2.75, 3.05) is 27.4 Å². The molecule has 0 atom stereocenters. The number of aromatic nitrogens is 1. The summed E-state index contributed by atoms with van der Waals surface area (Å²) in [5.74, 6) is -0.604. The Morgan fingerprint density at radius 2 is 1.96 bits per heavy atom. The number of hydrogen-bond donors (Lipinski definition) is 0. The average molecular weight is 389 g/mol. The molecule has 1 aromatic heterocycles. The van der Waals surface area contributed by atoms with Crippen molar-refractivity contribution in [2.45, 2.75) is 11.4 Å². The summed E-state index contributed by atoms with van der Waals surface area (Å²) in [6.45, 7) is 0.0973. The smallest absolute Gasteiger partial charge is 0.360 e. The first kappa shape index (κ1) is 19.4. The second kappa shape index (κ2) is 8.43. The van der Waals surface area contributed by atoms with E-state index >= 15 is 0 Å². The van der Waals surface area contributed by atoms with E-state index in [9.17, 15) is 13.2 Å². The summed E-state index contributed by atoms with van der Waals surface area (Å²) >= 11 is 5.80. The molecule has 0 aliphatic heterocycles. The molecule has 0 N–H and O–H groups in total. The van der Waals surface area contributed by atoms with Crippen LogP contribution in [0.3, 0.4) is 0 Å². The second-order valence-corrected chi connectivity index (χ2v) is 7.28. The zero-order chi connectivity index (χ0) is 18.4. The topological polar surface area (TPSA) is 98.9 Å². The van der Waals surface area contributed by atoms with Gasteiger partial charge < -0.3 is 13.9 Å². The van der Waals surface area contributed by atoms with Crippen LogP contribution in [0.4, 0.5) is 0 Å². The Balaban J connectivity index is 2.27. The molecule has 2 rings (SSSR count). The lowest BCUT2D eigenvalue weighted by Gasteiger charge is -2.20.